The first-order chi connectivity index (χ1) is 15.6. The van der Waals surface area contributed by atoms with Gasteiger partial charge >= 0.3 is 0 Å². The van der Waals surface area contributed by atoms with Crippen molar-refractivity contribution >= 4 is 22.5 Å². The fourth-order valence-electron chi connectivity index (χ4n) is 3.21. The van der Waals surface area contributed by atoms with Crippen LogP contribution in [0.25, 0.3) is 10.8 Å². The third-order valence-corrected chi connectivity index (χ3v) is 5.30. The van der Waals surface area contributed by atoms with Crippen LogP contribution in [0.2, 0.25) is 0 Å². The smallest absolute Gasteiger partial charge is 0.246 e. The van der Waals surface area contributed by atoms with Crippen LogP contribution >= 0.6 is 0 Å². The summed E-state index contributed by atoms with van der Waals surface area (Å²) in [5.41, 5.74) is 5.51. The van der Waals surface area contributed by atoms with Crippen molar-refractivity contribution in [3.05, 3.63) is 65.8 Å². The van der Waals surface area contributed by atoms with Gasteiger partial charge in [-0.25, -0.2) is 4.99 Å². The maximum atomic E-state index is 13.1. The average molecular weight is 443 g/mol. The molecule has 1 aromatic carbocycles. The number of nitrogens with two attached hydrogens (primary N) is 1. The summed E-state index contributed by atoms with van der Waals surface area (Å²) < 4.78 is 5.71. The van der Waals surface area contributed by atoms with Crippen LogP contribution in [0.5, 0.6) is 0 Å². The lowest BCUT2D eigenvalue weighted by atomic mass is 9.88. The molecule has 0 saturated carbocycles. The molecule has 0 spiro atoms. The Hall–Kier alpha value is -4.03. The van der Waals surface area contributed by atoms with Gasteiger partial charge in [-0.3, -0.25) is 9.78 Å². The van der Waals surface area contributed by atoms with Gasteiger partial charge in [0.2, 0.25) is 11.5 Å². The molecule has 0 aliphatic rings. The molecule has 33 heavy (non-hydrogen) atoms. The van der Waals surface area contributed by atoms with Gasteiger partial charge in [-0.2, -0.15) is 0 Å². The van der Waals surface area contributed by atoms with Crippen molar-refractivity contribution in [3.8, 4) is 24.7 Å². The molecule has 0 radical (unpaired) electrons. The highest BCUT2D eigenvalue weighted by Crippen LogP contribution is 2.28. The van der Waals surface area contributed by atoms with Crippen LogP contribution in [-0.2, 0) is 16.1 Å². The topological polar surface area (TPSA) is 89.6 Å². The molecule has 0 aliphatic carbocycles. The minimum absolute atomic E-state index is 0.0601. The monoisotopic (exact) mass is 442 g/mol. The quantitative estimate of drug-likeness (QED) is 0.279. The molecule has 6 heteroatoms. The van der Waals surface area contributed by atoms with Gasteiger partial charge in [-0.05, 0) is 51.6 Å². The molecule has 1 heterocycles. The van der Waals surface area contributed by atoms with Gasteiger partial charge in [0, 0.05) is 11.6 Å². The standard InChI is InChI=1S/C27H30N4O2/c1-8-17-33-27(7,10-3)23(19(4)5)31-24(28)26(6,9-2)25(32)30-18-22-21-14-12-11-13-20(21)15-16-29-22/h2-3,8,11-17H,18H2,1,4-7H3,(H2,28,31)(H,30,32)/b17-8-. The molecule has 1 amide bonds. The van der Waals surface area contributed by atoms with E-state index in [1.54, 1.807) is 33.0 Å². The molecule has 6 nitrogen and oxygen atoms in total. The first-order valence-corrected chi connectivity index (χ1v) is 10.5. The second-order valence-electron chi connectivity index (χ2n) is 8.04. The Bertz CT molecular complexity index is 1200. The number of amidine groups is 1. The van der Waals surface area contributed by atoms with Gasteiger partial charge in [0.1, 0.15) is 5.84 Å². The number of allylic oxidation sites excluding steroid dienone is 2. The molecule has 3 N–H and O–H groups in total. The van der Waals surface area contributed by atoms with Crippen LogP contribution in [0, 0.1) is 30.1 Å². The van der Waals surface area contributed by atoms with Crippen LogP contribution in [0.3, 0.4) is 0 Å². The summed E-state index contributed by atoms with van der Waals surface area (Å²) in [6.45, 7) is 8.90. The number of benzene rings is 1. The van der Waals surface area contributed by atoms with E-state index in [1.165, 1.54) is 6.26 Å². The van der Waals surface area contributed by atoms with Gasteiger partial charge in [-0.15, -0.1) is 12.8 Å². The van der Waals surface area contributed by atoms with Crippen molar-refractivity contribution in [2.45, 2.75) is 46.8 Å². The molecule has 0 aliphatic heterocycles. The normalized spacial score (nSPS) is 15.1. The van der Waals surface area contributed by atoms with Crippen molar-refractivity contribution in [3.63, 3.8) is 0 Å². The largest absolute Gasteiger partial charge is 0.477 e. The summed E-state index contributed by atoms with van der Waals surface area (Å²) in [5.74, 6) is 4.57. The Balaban J connectivity index is 2.36. The number of pyridine rings is 1. The summed E-state index contributed by atoms with van der Waals surface area (Å²) in [6.07, 6.45) is 16.4. The predicted molar refractivity (Wildman–Crippen MR) is 134 cm³/mol. The number of hydrogen-bond acceptors (Lipinski definition) is 4. The number of ether oxygens (including phenoxy) is 1. The number of aromatic nitrogens is 1. The molecule has 2 aromatic rings. The van der Waals surface area contributed by atoms with Gasteiger partial charge < -0.3 is 15.8 Å². The number of terminal acetylenes is 2. The molecule has 170 valence electrons. The van der Waals surface area contributed by atoms with E-state index in [-0.39, 0.29) is 12.4 Å². The first-order valence-electron chi connectivity index (χ1n) is 10.5. The Labute approximate surface area is 196 Å². The fourth-order valence-corrected chi connectivity index (χ4v) is 3.21. The van der Waals surface area contributed by atoms with Gasteiger partial charge in [-0.1, -0.05) is 42.2 Å². The van der Waals surface area contributed by atoms with E-state index in [2.05, 4.69) is 27.1 Å². The van der Waals surface area contributed by atoms with Crippen molar-refractivity contribution in [2.75, 3.05) is 0 Å². The zero-order chi connectivity index (χ0) is 24.6. The third kappa shape index (κ3) is 5.42. The number of fused-ring (bicyclic) bond motifs is 1. The van der Waals surface area contributed by atoms with Crippen LogP contribution in [0.15, 0.2) is 65.1 Å². The fraction of sp³-hybridized carbons (Fsp3) is 0.296. The summed E-state index contributed by atoms with van der Waals surface area (Å²) in [6, 6.07) is 9.72. The van der Waals surface area contributed by atoms with E-state index >= 15 is 0 Å². The molecule has 2 atom stereocenters. The summed E-state index contributed by atoms with van der Waals surface area (Å²) >= 11 is 0. The van der Waals surface area contributed by atoms with E-state index < -0.39 is 16.9 Å². The first kappa shape index (κ1) is 25.2. The number of hydrogen-bond donors (Lipinski definition) is 2. The van der Waals surface area contributed by atoms with Gasteiger partial charge in [0.05, 0.1) is 24.2 Å². The highest BCUT2D eigenvalue weighted by atomic mass is 16.5. The van der Waals surface area contributed by atoms with E-state index in [4.69, 9.17) is 23.3 Å². The number of aliphatic imine (C=N–C) groups is 1. The van der Waals surface area contributed by atoms with Crippen molar-refractivity contribution in [1.29, 1.82) is 0 Å². The van der Waals surface area contributed by atoms with E-state index in [9.17, 15) is 4.79 Å². The van der Waals surface area contributed by atoms with Crippen molar-refractivity contribution in [2.24, 2.45) is 16.1 Å². The molecule has 1 aromatic heterocycles. The maximum Gasteiger partial charge on any atom is 0.246 e. The lowest BCUT2D eigenvalue weighted by molar-refractivity contribution is -0.125. The molecular weight excluding hydrogens is 412 g/mol. The molecule has 2 unspecified atom stereocenters. The molecule has 0 saturated heterocycles. The van der Waals surface area contributed by atoms with Crippen LogP contribution in [0.1, 0.15) is 40.3 Å². The minimum atomic E-state index is -1.51. The third-order valence-electron chi connectivity index (χ3n) is 5.30. The highest BCUT2D eigenvalue weighted by Gasteiger charge is 2.38. The molecule has 0 fully saturated rings. The Kier molecular flexibility index (Phi) is 8.05. The van der Waals surface area contributed by atoms with E-state index in [0.717, 1.165) is 22.0 Å². The molecular formula is C27H30N4O2. The lowest BCUT2D eigenvalue weighted by Gasteiger charge is -2.28. The second-order valence-corrected chi connectivity index (χ2v) is 8.04. The van der Waals surface area contributed by atoms with E-state index in [0.29, 0.717) is 5.70 Å². The number of rotatable bonds is 8. The van der Waals surface area contributed by atoms with Crippen LogP contribution < -0.4 is 11.1 Å². The maximum absolute atomic E-state index is 13.1. The summed E-state index contributed by atoms with van der Waals surface area (Å²) in [4.78, 5) is 22.0. The number of amides is 1. The van der Waals surface area contributed by atoms with Gasteiger partial charge in [0.15, 0.2) is 5.41 Å². The molecule has 2 rings (SSSR count). The highest BCUT2D eigenvalue weighted by molar-refractivity contribution is 6.10. The Morgan fingerprint density at radius 1 is 1.24 bits per heavy atom. The number of nitrogens with zero attached hydrogens (tertiary/aromatic N) is 2. The number of nitrogens with one attached hydrogen (secondary N) is 1. The number of carbonyl (C=O) groups is 1. The molecule has 0 bridgehead atoms. The number of carbonyl (C=O) groups excluding carboxylic acids is 1. The van der Waals surface area contributed by atoms with Gasteiger partial charge in [0.25, 0.3) is 0 Å². The predicted octanol–water partition coefficient (Wildman–Crippen LogP) is 4.08. The van der Waals surface area contributed by atoms with Crippen molar-refractivity contribution < 1.29 is 9.53 Å². The van der Waals surface area contributed by atoms with Crippen LogP contribution in [0.4, 0.5) is 0 Å². The zero-order valence-electron chi connectivity index (χ0n) is 19.8. The minimum Gasteiger partial charge on any atom is -0.477 e. The zero-order valence-corrected chi connectivity index (χ0v) is 19.8. The van der Waals surface area contributed by atoms with Crippen molar-refractivity contribution in [1.82, 2.24) is 10.3 Å². The average Bonchev–Trinajstić information content (AvgIpc) is 2.83. The summed E-state index contributed by atoms with van der Waals surface area (Å²) in [7, 11) is 0. The van der Waals surface area contributed by atoms with E-state index in [1.807, 2.05) is 44.2 Å². The Morgan fingerprint density at radius 2 is 1.94 bits per heavy atom. The SMILES string of the molecule is C#CC(C)(O/C=C\C)C(/N=C(/N)C(C)(C#C)C(=O)NCc1nccc2ccccc12)=C(C)C. The second kappa shape index (κ2) is 10.5. The van der Waals surface area contributed by atoms with Crippen LogP contribution in [-0.4, -0.2) is 22.3 Å². The Morgan fingerprint density at radius 3 is 2.55 bits per heavy atom. The lowest BCUT2D eigenvalue weighted by Crippen LogP contribution is -2.47. The summed E-state index contributed by atoms with van der Waals surface area (Å²) in [5, 5.41) is 4.82.